The smallest absolute Gasteiger partial charge is 0.228 e. The quantitative estimate of drug-likeness (QED) is 0.905. The largest absolute Gasteiger partial charge is 0.326 e. The summed E-state index contributed by atoms with van der Waals surface area (Å²) in [6.07, 6.45) is 4.42. The predicted molar refractivity (Wildman–Crippen MR) is 77.2 cm³/mol. The van der Waals surface area contributed by atoms with Gasteiger partial charge in [0, 0.05) is 25.3 Å². The first-order valence-electron chi connectivity index (χ1n) is 7.23. The molecule has 1 saturated heterocycles. The van der Waals surface area contributed by atoms with Gasteiger partial charge in [0.1, 0.15) is 0 Å². The van der Waals surface area contributed by atoms with Crippen molar-refractivity contribution < 1.29 is 4.79 Å². The number of nitrogens with one attached hydrogen (secondary N) is 1. The molecule has 1 aromatic carbocycles. The molecule has 1 fully saturated rings. The summed E-state index contributed by atoms with van der Waals surface area (Å²) >= 11 is 0. The minimum absolute atomic E-state index is 0.105. The molecule has 2 heterocycles. The summed E-state index contributed by atoms with van der Waals surface area (Å²) in [7, 11) is 0. The molecule has 1 aromatic rings. The lowest BCUT2D eigenvalue weighted by Gasteiger charge is -2.38. The van der Waals surface area contributed by atoms with Crippen molar-refractivity contribution >= 4 is 17.3 Å². The minimum Gasteiger partial charge on any atom is -0.326 e. The maximum absolute atomic E-state index is 11.4. The Morgan fingerprint density at radius 3 is 2.79 bits per heavy atom. The molecule has 3 rings (SSSR count). The summed E-state index contributed by atoms with van der Waals surface area (Å²) in [5.41, 5.74) is 3.31. The van der Waals surface area contributed by atoms with E-state index >= 15 is 0 Å². The second kappa shape index (κ2) is 5.21. The van der Waals surface area contributed by atoms with E-state index in [2.05, 4.69) is 34.4 Å². The maximum atomic E-state index is 11.4. The molecule has 2 aliphatic heterocycles. The summed E-state index contributed by atoms with van der Waals surface area (Å²) in [6.45, 7) is 5.44. The minimum atomic E-state index is 0.105. The number of rotatable bonds is 3. The molecular formula is C15H21N3O. The molecule has 102 valence electrons. The van der Waals surface area contributed by atoms with Gasteiger partial charge in [-0.3, -0.25) is 4.79 Å². The third-order valence-corrected chi connectivity index (χ3v) is 3.99. The van der Waals surface area contributed by atoms with Crippen LogP contribution in [0.25, 0.3) is 0 Å². The number of anilines is 2. The van der Waals surface area contributed by atoms with Crippen molar-refractivity contribution in [2.75, 3.05) is 30.0 Å². The van der Waals surface area contributed by atoms with Crippen molar-refractivity contribution in [3.05, 3.63) is 23.8 Å². The zero-order valence-corrected chi connectivity index (χ0v) is 11.5. The van der Waals surface area contributed by atoms with Crippen LogP contribution in [0.1, 0.15) is 31.7 Å². The van der Waals surface area contributed by atoms with Crippen LogP contribution in [0.15, 0.2) is 18.2 Å². The molecule has 0 bridgehead atoms. The fourth-order valence-corrected chi connectivity index (χ4v) is 3.04. The van der Waals surface area contributed by atoms with Crippen LogP contribution in [0.3, 0.4) is 0 Å². The normalized spacial score (nSPS) is 19.1. The van der Waals surface area contributed by atoms with Crippen LogP contribution in [0.5, 0.6) is 0 Å². The highest BCUT2D eigenvalue weighted by atomic mass is 16.1. The topological polar surface area (TPSA) is 35.6 Å². The Bertz CT molecular complexity index is 480. The van der Waals surface area contributed by atoms with E-state index in [9.17, 15) is 4.79 Å². The lowest BCUT2D eigenvalue weighted by Crippen LogP contribution is -2.45. The molecule has 2 aliphatic rings. The van der Waals surface area contributed by atoms with Crippen molar-refractivity contribution in [3.8, 4) is 0 Å². The van der Waals surface area contributed by atoms with Gasteiger partial charge >= 0.3 is 0 Å². The van der Waals surface area contributed by atoms with Crippen LogP contribution in [0.2, 0.25) is 0 Å². The van der Waals surface area contributed by atoms with Gasteiger partial charge in [-0.15, -0.1) is 0 Å². The van der Waals surface area contributed by atoms with E-state index in [1.54, 1.807) is 0 Å². The summed E-state index contributed by atoms with van der Waals surface area (Å²) < 4.78 is 0. The van der Waals surface area contributed by atoms with Crippen LogP contribution in [0.4, 0.5) is 11.4 Å². The number of piperidine rings is 1. The van der Waals surface area contributed by atoms with Crippen molar-refractivity contribution in [3.63, 3.8) is 0 Å². The Balaban J connectivity index is 1.83. The number of hydrogen-bond acceptors (Lipinski definition) is 3. The number of amides is 1. The number of hydrogen-bond donors (Lipinski definition) is 1. The highest BCUT2D eigenvalue weighted by Gasteiger charge is 2.21. The average molecular weight is 259 g/mol. The van der Waals surface area contributed by atoms with Gasteiger partial charge in [-0.1, -0.05) is 6.42 Å². The molecule has 0 spiro atoms. The molecule has 0 radical (unpaired) electrons. The van der Waals surface area contributed by atoms with E-state index in [4.69, 9.17) is 0 Å². The number of benzene rings is 1. The number of carbonyl (C=O) groups is 1. The first-order chi connectivity index (χ1) is 9.28. The Morgan fingerprint density at radius 1 is 1.26 bits per heavy atom. The summed E-state index contributed by atoms with van der Waals surface area (Å²) in [5, 5.41) is 7.68. The van der Waals surface area contributed by atoms with E-state index in [0.717, 1.165) is 30.9 Å². The molecule has 1 amide bonds. The highest BCUT2D eigenvalue weighted by molar-refractivity contribution is 5.99. The Labute approximate surface area is 114 Å². The average Bonchev–Trinajstić information content (AvgIpc) is 2.80. The van der Waals surface area contributed by atoms with Crippen molar-refractivity contribution in [1.82, 2.24) is 5.01 Å². The van der Waals surface area contributed by atoms with Crippen LogP contribution in [0, 0.1) is 0 Å². The molecule has 4 heteroatoms. The van der Waals surface area contributed by atoms with Crippen LogP contribution < -0.4 is 10.3 Å². The first-order valence-corrected chi connectivity index (χ1v) is 7.23. The second-order valence-electron chi connectivity index (χ2n) is 5.30. The van der Waals surface area contributed by atoms with Gasteiger partial charge in [0.15, 0.2) is 0 Å². The summed E-state index contributed by atoms with van der Waals surface area (Å²) in [6, 6.07) is 6.30. The Hall–Kier alpha value is -1.55. The Morgan fingerprint density at radius 2 is 2.05 bits per heavy atom. The molecular weight excluding hydrogens is 238 g/mol. The van der Waals surface area contributed by atoms with E-state index in [-0.39, 0.29) is 5.91 Å². The van der Waals surface area contributed by atoms with E-state index in [1.807, 2.05) is 6.07 Å². The lowest BCUT2D eigenvalue weighted by molar-refractivity contribution is -0.115. The predicted octanol–water partition coefficient (Wildman–Crippen LogP) is 2.41. The third-order valence-electron chi connectivity index (χ3n) is 3.99. The van der Waals surface area contributed by atoms with Gasteiger partial charge in [0.2, 0.25) is 5.91 Å². The fraction of sp³-hybridized carbons (Fsp3) is 0.533. The van der Waals surface area contributed by atoms with Gasteiger partial charge in [-0.05, 0) is 43.5 Å². The SMILES string of the molecule is CCN(c1ccc2c(c1)CC(=O)N2)N1CCCCC1. The second-order valence-corrected chi connectivity index (χ2v) is 5.30. The number of carbonyl (C=O) groups excluding carboxylic acids is 1. The lowest BCUT2D eigenvalue weighted by atomic mass is 10.1. The number of nitrogens with zero attached hydrogens (tertiary/aromatic N) is 2. The maximum Gasteiger partial charge on any atom is 0.228 e. The molecule has 19 heavy (non-hydrogen) atoms. The fourth-order valence-electron chi connectivity index (χ4n) is 3.04. The first kappa shape index (κ1) is 12.5. The molecule has 4 nitrogen and oxygen atoms in total. The zero-order chi connectivity index (χ0) is 13.2. The van der Waals surface area contributed by atoms with Crippen LogP contribution in [-0.4, -0.2) is 30.6 Å². The Kier molecular flexibility index (Phi) is 3.42. The van der Waals surface area contributed by atoms with Crippen LogP contribution >= 0.6 is 0 Å². The standard InChI is InChI=1S/C15H21N3O/c1-2-18(17-8-4-3-5-9-17)13-6-7-14-12(10-13)11-15(19)16-14/h6-7,10H,2-5,8-9,11H2,1H3,(H,16,19). The van der Waals surface area contributed by atoms with Crippen molar-refractivity contribution in [2.45, 2.75) is 32.6 Å². The van der Waals surface area contributed by atoms with Gasteiger partial charge in [0.05, 0.1) is 12.1 Å². The number of hydrazine groups is 1. The third kappa shape index (κ3) is 2.45. The van der Waals surface area contributed by atoms with Crippen LogP contribution in [-0.2, 0) is 11.2 Å². The molecule has 0 aliphatic carbocycles. The zero-order valence-electron chi connectivity index (χ0n) is 11.5. The van der Waals surface area contributed by atoms with E-state index in [1.165, 1.54) is 24.9 Å². The monoisotopic (exact) mass is 259 g/mol. The molecule has 0 saturated carbocycles. The van der Waals surface area contributed by atoms with Gasteiger partial charge in [-0.2, -0.15) is 0 Å². The highest BCUT2D eigenvalue weighted by Crippen LogP contribution is 2.29. The van der Waals surface area contributed by atoms with Gasteiger partial charge in [-0.25, -0.2) is 5.01 Å². The molecule has 0 atom stereocenters. The summed E-state index contributed by atoms with van der Waals surface area (Å²) in [5.74, 6) is 0.105. The summed E-state index contributed by atoms with van der Waals surface area (Å²) in [4.78, 5) is 11.4. The van der Waals surface area contributed by atoms with Crippen molar-refractivity contribution in [2.24, 2.45) is 0 Å². The number of fused-ring (bicyclic) bond motifs is 1. The molecule has 1 N–H and O–H groups in total. The van der Waals surface area contributed by atoms with Crippen molar-refractivity contribution in [1.29, 1.82) is 0 Å². The van der Waals surface area contributed by atoms with E-state index in [0.29, 0.717) is 6.42 Å². The molecule has 0 unspecified atom stereocenters. The van der Waals surface area contributed by atoms with Gasteiger partial charge < -0.3 is 10.3 Å². The molecule has 0 aromatic heterocycles. The van der Waals surface area contributed by atoms with Gasteiger partial charge in [0.25, 0.3) is 0 Å². The van der Waals surface area contributed by atoms with E-state index < -0.39 is 0 Å².